The first-order chi connectivity index (χ1) is 13.1. The number of ether oxygens (including phenoxy) is 2. The Morgan fingerprint density at radius 3 is 2.70 bits per heavy atom. The van der Waals surface area contributed by atoms with Crippen LogP contribution in [0.25, 0.3) is 17.0 Å². The maximum atomic E-state index is 9.38. The number of rotatable bonds is 4. The van der Waals surface area contributed by atoms with Crippen molar-refractivity contribution in [2.75, 3.05) is 32.2 Å². The van der Waals surface area contributed by atoms with E-state index in [0.29, 0.717) is 34.1 Å². The van der Waals surface area contributed by atoms with Crippen LogP contribution < -0.4 is 20.1 Å². The third kappa shape index (κ3) is 3.02. The largest absolute Gasteiger partial charge is 0.496 e. The van der Waals surface area contributed by atoms with Crippen LogP contribution in [0.1, 0.15) is 12.0 Å². The lowest BCUT2D eigenvalue weighted by molar-refractivity contribution is 0.394. The Kier molecular flexibility index (Phi) is 4.30. The van der Waals surface area contributed by atoms with Crippen LogP contribution in [0.15, 0.2) is 30.6 Å². The second-order valence-corrected chi connectivity index (χ2v) is 6.48. The number of methoxy groups -OCH3 is 2. The van der Waals surface area contributed by atoms with Gasteiger partial charge in [-0.3, -0.25) is 4.40 Å². The molecule has 3 aromatic rings. The predicted octanol–water partition coefficient (Wildman–Crippen LogP) is 1.82. The van der Waals surface area contributed by atoms with Crippen molar-refractivity contribution >= 4 is 11.6 Å². The van der Waals surface area contributed by atoms with Crippen LogP contribution >= 0.6 is 0 Å². The highest BCUT2D eigenvalue weighted by molar-refractivity contribution is 5.73. The molecule has 0 bridgehead atoms. The van der Waals surface area contributed by atoms with Gasteiger partial charge < -0.3 is 20.1 Å². The average molecular weight is 364 g/mol. The SMILES string of the molecule is COc1cc(OC)c(-c2cn3ccc(N4CCC(N)C4)nc3n2)cc1C#N. The van der Waals surface area contributed by atoms with E-state index >= 15 is 0 Å². The number of fused-ring (bicyclic) bond motifs is 1. The molecule has 8 nitrogen and oxygen atoms in total. The highest BCUT2D eigenvalue weighted by Crippen LogP contribution is 2.35. The van der Waals surface area contributed by atoms with Crippen molar-refractivity contribution in [3.63, 3.8) is 0 Å². The lowest BCUT2D eigenvalue weighted by Gasteiger charge is -2.16. The van der Waals surface area contributed by atoms with E-state index in [1.165, 1.54) is 7.11 Å². The van der Waals surface area contributed by atoms with Crippen molar-refractivity contribution in [1.29, 1.82) is 5.26 Å². The monoisotopic (exact) mass is 364 g/mol. The number of hydrogen-bond acceptors (Lipinski definition) is 7. The number of aromatic nitrogens is 3. The van der Waals surface area contributed by atoms with Crippen LogP contribution in [-0.4, -0.2) is 47.7 Å². The van der Waals surface area contributed by atoms with Gasteiger partial charge in [0.1, 0.15) is 23.4 Å². The van der Waals surface area contributed by atoms with E-state index in [-0.39, 0.29) is 6.04 Å². The molecule has 3 heterocycles. The normalized spacial score (nSPS) is 16.5. The number of benzene rings is 1. The van der Waals surface area contributed by atoms with E-state index in [1.807, 2.05) is 22.9 Å². The van der Waals surface area contributed by atoms with E-state index in [2.05, 4.69) is 20.9 Å². The Hall–Kier alpha value is -3.31. The molecule has 4 rings (SSSR count). The first-order valence-corrected chi connectivity index (χ1v) is 8.65. The molecule has 1 unspecified atom stereocenters. The van der Waals surface area contributed by atoms with E-state index in [1.54, 1.807) is 19.2 Å². The number of nitrogens with two attached hydrogens (primary N) is 1. The number of nitrogens with zero attached hydrogens (tertiary/aromatic N) is 5. The predicted molar refractivity (Wildman–Crippen MR) is 101 cm³/mol. The van der Waals surface area contributed by atoms with Gasteiger partial charge in [0.2, 0.25) is 5.78 Å². The van der Waals surface area contributed by atoms with Crippen LogP contribution in [-0.2, 0) is 0 Å². The van der Waals surface area contributed by atoms with Gasteiger partial charge in [-0.05, 0) is 18.6 Å². The standard InChI is InChI=1S/C19H20N6O2/c1-26-16-8-17(27-2)14(7-12(16)9-20)15-11-25-6-4-18(23-19(25)22-15)24-5-3-13(21)10-24/h4,6-8,11,13H,3,5,10,21H2,1-2H3. The van der Waals surface area contributed by atoms with Gasteiger partial charge in [0, 0.05) is 43.2 Å². The summed E-state index contributed by atoms with van der Waals surface area (Å²) >= 11 is 0. The Morgan fingerprint density at radius 1 is 1.22 bits per heavy atom. The van der Waals surface area contributed by atoms with Gasteiger partial charge >= 0.3 is 0 Å². The molecule has 8 heteroatoms. The minimum Gasteiger partial charge on any atom is -0.496 e. The first-order valence-electron chi connectivity index (χ1n) is 8.65. The third-order valence-electron chi connectivity index (χ3n) is 4.78. The molecule has 1 aromatic carbocycles. The van der Waals surface area contributed by atoms with Crippen molar-refractivity contribution in [3.05, 3.63) is 36.2 Å². The molecule has 0 radical (unpaired) electrons. The molecule has 1 fully saturated rings. The number of nitriles is 1. The summed E-state index contributed by atoms with van der Waals surface area (Å²) in [6.07, 6.45) is 4.76. The second-order valence-electron chi connectivity index (χ2n) is 6.48. The minimum atomic E-state index is 0.186. The molecular weight excluding hydrogens is 344 g/mol. The molecule has 0 spiro atoms. The van der Waals surface area contributed by atoms with Gasteiger partial charge in [0.25, 0.3) is 0 Å². The summed E-state index contributed by atoms with van der Waals surface area (Å²) in [5, 5.41) is 9.38. The highest BCUT2D eigenvalue weighted by atomic mass is 16.5. The lowest BCUT2D eigenvalue weighted by atomic mass is 10.1. The molecule has 0 aliphatic carbocycles. The molecular formula is C19H20N6O2. The molecule has 1 atom stereocenters. The zero-order valence-electron chi connectivity index (χ0n) is 15.2. The topological polar surface area (TPSA) is 102 Å². The van der Waals surface area contributed by atoms with E-state index in [0.717, 1.165) is 25.3 Å². The quantitative estimate of drug-likeness (QED) is 0.753. The molecule has 1 saturated heterocycles. The fourth-order valence-corrected chi connectivity index (χ4v) is 3.35. The van der Waals surface area contributed by atoms with E-state index < -0.39 is 0 Å². The zero-order chi connectivity index (χ0) is 19.0. The Bertz CT molecular complexity index is 1040. The summed E-state index contributed by atoms with van der Waals surface area (Å²) in [6.45, 7) is 1.70. The van der Waals surface area contributed by atoms with Crippen molar-refractivity contribution in [3.8, 4) is 28.8 Å². The summed E-state index contributed by atoms with van der Waals surface area (Å²) in [6, 6.07) is 7.71. The van der Waals surface area contributed by atoms with E-state index in [9.17, 15) is 5.26 Å². The molecule has 2 aromatic heterocycles. The minimum absolute atomic E-state index is 0.186. The smallest absolute Gasteiger partial charge is 0.236 e. The van der Waals surface area contributed by atoms with Gasteiger partial charge in [0.15, 0.2) is 0 Å². The lowest BCUT2D eigenvalue weighted by Crippen LogP contribution is -2.26. The summed E-state index contributed by atoms with van der Waals surface area (Å²) in [5.74, 6) is 2.50. The fourth-order valence-electron chi connectivity index (χ4n) is 3.35. The van der Waals surface area contributed by atoms with Crippen LogP contribution in [0.3, 0.4) is 0 Å². The average Bonchev–Trinajstić information content (AvgIpc) is 3.32. The number of hydrogen-bond donors (Lipinski definition) is 1. The van der Waals surface area contributed by atoms with Crippen LogP contribution in [0.4, 0.5) is 5.82 Å². The number of anilines is 1. The van der Waals surface area contributed by atoms with Gasteiger partial charge in [-0.15, -0.1) is 0 Å². The summed E-state index contributed by atoms with van der Waals surface area (Å²) < 4.78 is 12.6. The molecule has 2 N–H and O–H groups in total. The first kappa shape index (κ1) is 17.1. The van der Waals surface area contributed by atoms with Gasteiger partial charge in [-0.2, -0.15) is 10.2 Å². The van der Waals surface area contributed by atoms with Crippen molar-refractivity contribution in [2.24, 2.45) is 5.73 Å². The molecule has 138 valence electrons. The van der Waals surface area contributed by atoms with Crippen LogP contribution in [0.2, 0.25) is 0 Å². The third-order valence-corrected chi connectivity index (χ3v) is 4.78. The maximum absolute atomic E-state index is 9.38. The highest BCUT2D eigenvalue weighted by Gasteiger charge is 2.21. The molecule has 27 heavy (non-hydrogen) atoms. The maximum Gasteiger partial charge on any atom is 0.236 e. The van der Waals surface area contributed by atoms with Gasteiger partial charge in [0.05, 0.1) is 25.5 Å². The Labute approximate surface area is 156 Å². The van der Waals surface area contributed by atoms with Crippen molar-refractivity contribution < 1.29 is 9.47 Å². The molecule has 0 saturated carbocycles. The Morgan fingerprint density at radius 2 is 2.04 bits per heavy atom. The summed E-state index contributed by atoms with van der Waals surface area (Å²) in [4.78, 5) is 11.5. The fraction of sp³-hybridized carbons (Fsp3) is 0.316. The molecule has 1 aliphatic rings. The van der Waals surface area contributed by atoms with Gasteiger partial charge in [-0.25, -0.2) is 4.98 Å². The van der Waals surface area contributed by atoms with Gasteiger partial charge in [-0.1, -0.05) is 0 Å². The molecule has 0 amide bonds. The molecule has 1 aliphatic heterocycles. The van der Waals surface area contributed by atoms with Crippen LogP contribution in [0.5, 0.6) is 11.5 Å². The summed E-state index contributed by atoms with van der Waals surface area (Å²) in [7, 11) is 3.10. The van der Waals surface area contributed by atoms with Crippen molar-refractivity contribution in [2.45, 2.75) is 12.5 Å². The van der Waals surface area contributed by atoms with Crippen molar-refractivity contribution in [1.82, 2.24) is 14.4 Å². The second kappa shape index (κ2) is 6.78. The van der Waals surface area contributed by atoms with E-state index in [4.69, 9.17) is 15.2 Å². The number of imidazole rings is 1. The van der Waals surface area contributed by atoms with Crippen LogP contribution in [0, 0.1) is 11.3 Å². The Balaban J connectivity index is 1.77. The summed E-state index contributed by atoms with van der Waals surface area (Å²) in [5.41, 5.74) is 7.81. The zero-order valence-corrected chi connectivity index (χ0v) is 15.2.